The van der Waals surface area contributed by atoms with E-state index in [-0.39, 0.29) is 0 Å². The van der Waals surface area contributed by atoms with E-state index in [0.717, 1.165) is 29.7 Å². The van der Waals surface area contributed by atoms with Crippen molar-refractivity contribution < 1.29 is 9.47 Å². The maximum Gasteiger partial charge on any atom is 0.127 e. The summed E-state index contributed by atoms with van der Waals surface area (Å²) in [5.74, 6) is 1.75. The molecule has 0 aliphatic carbocycles. The Morgan fingerprint density at radius 1 is 0.567 bits per heavy atom. The molecule has 2 heteroatoms. The number of rotatable bonds is 7. The molecule has 30 heavy (non-hydrogen) atoms. The zero-order valence-electron chi connectivity index (χ0n) is 16.8. The van der Waals surface area contributed by atoms with Crippen molar-refractivity contribution in [2.45, 2.75) is 12.8 Å². The van der Waals surface area contributed by atoms with Crippen LogP contribution in [0.15, 0.2) is 91.0 Å². The van der Waals surface area contributed by atoms with E-state index in [1.165, 1.54) is 26.9 Å². The predicted molar refractivity (Wildman–Crippen MR) is 124 cm³/mol. The van der Waals surface area contributed by atoms with Gasteiger partial charge in [-0.05, 0) is 64.0 Å². The van der Waals surface area contributed by atoms with E-state index in [9.17, 15) is 0 Å². The van der Waals surface area contributed by atoms with Crippen molar-refractivity contribution in [3.05, 3.63) is 97.1 Å². The molecular weight excluding hydrogens is 368 g/mol. The fraction of sp³-hybridized carbons (Fsp3) is 0.143. The van der Waals surface area contributed by atoms with Gasteiger partial charge in [-0.2, -0.15) is 0 Å². The zero-order valence-corrected chi connectivity index (χ0v) is 16.8. The third kappa shape index (κ3) is 3.95. The Morgan fingerprint density at radius 2 is 1.27 bits per heavy atom. The average Bonchev–Trinajstić information content (AvgIpc) is 2.80. The summed E-state index contributed by atoms with van der Waals surface area (Å²) >= 11 is 0. The van der Waals surface area contributed by atoms with Crippen LogP contribution in [0.1, 0.15) is 12.8 Å². The molecule has 5 aromatic rings. The minimum atomic E-state index is 0.665. The minimum Gasteiger partial charge on any atom is -0.493 e. The Labute approximate surface area is 176 Å². The smallest absolute Gasteiger partial charge is 0.127 e. The molecule has 0 atom stereocenters. The molecule has 0 saturated carbocycles. The lowest BCUT2D eigenvalue weighted by atomic mass is 10.0. The fourth-order valence-electron chi connectivity index (χ4n) is 3.81. The second kappa shape index (κ2) is 8.46. The maximum atomic E-state index is 6.11. The number of benzene rings is 5. The molecule has 0 aliphatic heterocycles. The fourth-order valence-corrected chi connectivity index (χ4v) is 3.81. The second-order valence-electron chi connectivity index (χ2n) is 7.49. The third-order valence-corrected chi connectivity index (χ3v) is 5.39. The van der Waals surface area contributed by atoms with Crippen LogP contribution < -0.4 is 9.47 Å². The standard InChI is InChI=1S/C28H23O2/c1-2-10-23-19-26(15-14-21(23)8-1)29-16-5-6-17-30-28-13-7-12-25-18-22-9-3-4-11-24(22)20-27(25)28/h1-4,7-15,18,20H,5-6,16-17H2. The third-order valence-electron chi connectivity index (χ3n) is 5.39. The summed E-state index contributed by atoms with van der Waals surface area (Å²) in [5.41, 5.74) is 0. The first-order valence-electron chi connectivity index (χ1n) is 10.4. The Kier molecular flexibility index (Phi) is 5.22. The second-order valence-corrected chi connectivity index (χ2v) is 7.49. The molecule has 0 aliphatic rings. The molecule has 0 aromatic heterocycles. The summed E-state index contributed by atoms with van der Waals surface area (Å²) < 4.78 is 12.0. The highest BCUT2D eigenvalue weighted by Crippen LogP contribution is 2.30. The highest BCUT2D eigenvalue weighted by atomic mass is 16.5. The highest BCUT2D eigenvalue weighted by molar-refractivity contribution is 6.00. The van der Waals surface area contributed by atoms with Crippen LogP contribution in [-0.4, -0.2) is 13.2 Å². The summed E-state index contributed by atoms with van der Waals surface area (Å²) in [7, 11) is 0. The van der Waals surface area contributed by atoms with Crippen LogP contribution >= 0.6 is 0 Å². The number of hydrogen-bond donors (Lipinski definition) is 0. The molecule has 0 spiro atoms. The lowest BCUT2D eigenvalue weighted by molar-refractivity contribution is 0.268. The molecule has 2 nitrogen and oxygen atoms in total. The molecule has 0 N–H and O–H groups in total. The van der Waals surface area contributed by atoms with Gasteiger partial charge in [0.15, 0.2) is 0 Å². The van der Waals surface area contributed by atoms with Gasteiger partial charge in [0.05, 0.1) is 13.2 Å². The summed E-state index contributed by atoms with van der Waals surface area (Å²) in [4.78, 5) is 0. The molecule has 0 amide bonds. The normalized spacial score (nSPS) is 11.2. The van der Waals surface area contributed by atoms with Gasteiger partial charge in [-0.15, -0.1) is 0 Å². The molecule has 0 bridgehead atoms. The Hall–Kier alpha value is -3.52. The van der Waals surface area contributed by atoms with Crippen molar-refractivity contribution in [2.75, 3.05) is 13.2 Å². The van der Waals surface area contributed by atoms with Gasteiger partial charge >= 0.3 is 0 Å². The van der Waals surface area contributed by atoms with E-state index in [1.807, 2.05) is 18.2 Å². The first-order valence-corrected chi connectivity index (χ1v) is 10.4. The van der Waals surface area contributed by atoms with Gasteiger partial charge in [0.1, 0.15) is 11.5 Å². The van der Waals surface area contributed by atoms with Crippen LogP contribution in [0.5, 0.6) is 11.5 Å². The number of unbranched alkanes of at least 4 members (excludes halogenated alkanes) is 1. The van der Waals surface area contributed by atoms with Crippen molar-refractivity contribution in [1.82, 2.24) is 0 Å². The van der Waals surface area contributed by atoms with Crippen LogP contribution in [0.3, 0.4) is 0 Å². The van der Waals surface area contributed by atoms with E-state index in [1.54, 1.807) is 0 Å². The largest absolute Gasteiger partial charge is 0.493 e. The van der Waals surface area contributed by atoms with Crippen LogP contribution in [-0.2, 0) is 0 Å². The zero-order chi connectivity index (χ0) is 20.2. The molecule has 5 rings (SSSR count). The van der Waals surface area contributed by atoms with Crippen LogP contribution in [0.4, 0.5) is 0 Å². The van der Waals surface area contributed by atoms with Gasteiger partial charge in [0.25, 0.3) is 0 Å². The lowest BCUT2D eigenvalue weighted by Crippen LogP contribution is -2.03. The van der Waals surface area contributed by atoms with Crippen molar-refractivity contribution in [1.29, 1.82) is 0 Å². The van der Waals surface area contributed by atoms with Gasteiger partial charge in [0, 0.05) is 11.5 Å². The van der Waals surface area contributed by atoms with Crippen molar-refractivity contribution >= 4 is 32.3 Å². The molecule has 0 saturated heterocycles. The quantitative estimate of drug-likeness (QED) is 0.216. The summed E-state index contributed by atoms with van der Waals surface area (Å²) in [5, 5.41) is 7.13. The minimum absolute atomic E-state index is 0.665. The van der Waals surface area contributed by atoms with Gasteiger partial charge < -0.3 is 9.47 Å². The van der Waals surface area contributed by atoms with E-state index in [0.29, 0.717) is 13.2 Å². The number of fused-ring (bicyclic) bond motifs is 3. The Morgan fingerprint density at radius 3 is 2.13 bits per heavy atom. The van der Waals surface area contributed by atoms with Gasteiger partial charge in [-0.1, -0.05) is 66.7 Å². The molecular formula is C28H23O2. The van der Waals surface area contributed by atoms with Crippen molar-refractivity contribution in [3.63, 3.8) is 0 Å². The topological polar surface area (TPSA) is 18.5 Å². The SMILES string of the molecule is [c]1c(OCCCCOc2cccc3cc4ccccc4cc23)ccc2ccccc12. The first kappa shape index (κ1) is 18.5. The lowest BCUT2D eigenvalue weighted by Gasteiger charge is -2.11. The maximum absolute atomic E-state index is 6.11. The van der Waals surface area contributed by atoms with Crippen LogP contribution in [0.2, 0.25) is 0 Å². The number of hydrogen-bond acceptors (Lipinski definition) is 2. The Bertz CT molecular complexity index is 1310. The van der Waals surface area contributed by atoms with Crippen LogP contribution in [0, 0.1) is 6.07 Å². The van der Waals surface area contributed by atoms with Crippen molar-refractivity contribution in [3.8, 4) is 11.5 Å². The molecule has 0 unspecified atom stereocenters. The van der Waals surface area contributed by atoms with E-state index < -0.39 is 0 Å². The van der Waals surface area contributed by atoms with E-state index >= 15 is 0 Å². The Balaban J connectivity index is 1.17. The average molecular weight is 391 g/mol. The summed E-state index contributed by atoms with van der Waals surface area (Å²) in [6, 6.07) is 34.7. The highest BCUT2D eigenvalue weighted by Gasteiger charge is 2.04. The van der Waals surface area contributed by atoms with Crippen molar-refractivity contribution in [2.24, 2.45) is 0 Å². The monoisotopic (exact) mass is 391 g/mol. The predicted octanol–water partition coefficient (Wildman–Crippen LogP) is 7.18. The molecule has 0 fully saturated rings. The molecule has 1 radical (unpaired) electrons. The van der Waals surface area contributed by atoms with E-state index in [4.69, 9.17) is 9.47 Å². The molecule has 147 valence electrons. The molecule has 0 heterocycles. The summed E-state index contributed by atoms with van der Waals surface area (Å²) in [6.45, 7) is 1.34. The number of ether oxygens (including phenoxy) is 2. The molecule has 5 aromatic carbocycles. The van der Waals surface area contributed by atoms with Gasteiger partial charge in [-0.3, -0.25) is 0 Å². The summed E-state index contributed by atoms with van der Waals surface area (Å²) in [6.07, 6.45) is 1.88. The van der Waals surface area contributed by atoms with Gasteiger partial charge in [0.2, 0.25) is 0 Å². The van der Waals surface area contributed by atoms with Crippen LogP contribution in [0.25, 0.3) is 32.3 Å². The first-order chi connectivity index (χ1) is 14.9. The van der Waals surface area contributed by atoms with E-state index in [2.05, 4.69) is 78.9 Å². The van der Waals surface area contributed by atoms with Gasteiger partial charge in [-0.25, -0.2) is 0 Å².